The Morgan fingerprint density at radius 2 is 2.00 bits per heavy atom. The van der Waals surface area contributed by atoms with E-state index in [4.69, 9.17) is 9.47 Å². The lowest BCUT2D eigenvalue weighted by Gasteiger charge is -2.22. The van der Waals surface area contributed by atoms with Gasteiger partial charge in [0.2, 0.25) is 12.7 Å². The summed E-state index contributed by atoms with van der Waals surface area (Å²) in [5, 5.41) is 5.12. The Morgan fingerprint density at radius 3 is 2.79 bits per heavy atom. The second-order valence-corrected chi connectivity index (χ2v) is 7.08. The van der Waals surface area contributed by atoms with Crippen molar-refractivity contribution in [2.24, 2.45) is 0 Å². The van der Waals surface area contributed by atoms with Crippen molar-refractivity contribution in [3.8, 4) is 11.5 Å². The average Bonchev–Trinajstić information content (AvgIpc) is 3.20. The van der Waals surface area contributed by atoms with E-state index >= 15 is 0 Å². The summed E-state index contributed by atoms with van der Waals surface area (Å²) in [5.41, 5.74) is -0.189. The average molecular weight is 399 g/mol. The molecule has 150 valence electrons. The lowest BCUT2D eigenvalue weighted by atomic mass is 9.92. The molecule has 4 rings (SSSR count). The molecule has 0 bridgehead atoms. The van der Waals surface area contributed by atoms with E-state index in [1.54, 1.807) is 25.1 Å². The van der Waals surface area contributed by atoms with Gasteiger partial charge in [0.1, 0.15) is 17.9 Å². The minimum absolute atomic E-state index is 0.139. The Labute approximate surface area is 165 Å². The van der Waals surface area contributed by atoms with Crippen LogP contribution in [0.1, 0.15) is 12.5 Å². The van der Waals surface area contributed by atoms with Gasteiger partial charge in [0, 0.05) is 12.1 Å². The van der Waals surface area contributed by atoms with E-state index in [1.807, 2.05) is 0 Å². The summed E-state index contributed by atoms with van der Waals surface area (Å²) in [7, 11) is 0. The predicted octanol–water partition coefficient (Wildman–Crippen LogP) is 2.05. The highest BCUT2D eigenvalue weighted by Gasteiger charge is 2.48. The van der Waals surface area contributed by atoms with Gasteiger partial charge >= 0.3 is 6.03 Å². The van der Waals surface area contributed by atoms with Gasteiger partial charge in [-0.05, 0) is 42.8 Å². The van der Waals surface area contributed by atoms with Crippen molar-refractivity contribution in [2.75, 3.05) is 18.7 Å². The van der Waals surface area contributed by atoms with Crippen molar-refractivity contribution >= 4 is 23.5 Å². The SMILES string of the molecule is C[C@]1(Cc2ccc3c(c2)OCO3)NC(=O)N(CC(=O)Nc2cccc(F)c2)C1=O. The number of rotatable bonds is 5. The fourth-order valence-electron chi connectivity index (χ4n) is 3.38. The third-order valence-electron chi connectivity index (χ3n) is 4.75. The quantitative estimate of drug-likeness (QED) is 0.750. The van der Waals surface area contributed by atoms with Crippen molar-refractivity contribution in [1.29, 1.82) is 0 Å². The van der Waals surface area contributed by atoms with Crippen LogP contribution in [0.5, 0.6) is 11.5 Å². The molecule has 2 heterocycles. The van der Waals surface area contributed by atoms with Crippen LogP contribution in [0.2, 0.25) is 0 Å². The number of halogens is 1. The number of carbonyl (C=O) groups excluding carboxylic acids is 3. The zero-order valence-corrected chi connectivity index (χ0v) is 15.5. The molecule has 0 radical (unpaired) electrons. The first-order valence-corrected chi connectivity index (χ1v) is 8.92. The second kappa shape index (κ2) is 7.08. The molecular formula is C20H18FN3O5. The van der Waals surface area contributed by atoms with Gasteiger partial charge in [-0.25, -0.2) is 9.18 Å². The number of nitrogens with one attached hydrogen (secondary N) is 2. The maximum absolute atomic E-state index is 13.2. The maximum Gasteiger partial charge on any atom is 0.325 e. The number of urea groups is 1. The van der Waals surface area contributed by atoms with E-state index in [1.165, 1.54) is 18.2 Å². The zero-order chi connectivity index (χ0) is 20.6. The van der Waals surface area contributed by atoms with Gasteiger partial charge in [0.15, 0.2) is 11.5 Å². The fraction of sp³-hybridized carbons (Fsp3) is 0.250. The first-order chi connectivity index (χ1) is 13.8. The number of hydrogen-bond acceptors (Lipinski definition) is 5. The topological polar surface area (TPSA) is 97.0 Å². The van der Waals surface area contributed by atoms with Crippen LogP contribution in [0.15, 0.2) is 42.5 Å². The van der Waals surface area contributed by atoms with E-state index < -0.39 is 35.7 Å². The van der Waals surface area contributed by atoms with Crippen LogP contribution in [-0.2, 0) is 16.0 Å². The maximum atomic E-state index is 13.2. The summed E-state index contributed by atoms with van der Waals surface area (Å²) in [4.78, 5) is 38.3. The van der Waals surface area contributed by atoms with Gasteiger partial charge in [0.05, 0.1) is 0 Å². The Balaban J connectivity index is 1.44. The molecule has 1 atom stereocenters. The number of anilines is 1. The Morgan fingerprint density at radius 1 is 1.21 bits per heavy atom. The van der Waals surface area contributed by atoms with Crippen LogP contribution >= 0.6 is 0 Å². The lowest BCUT2D eigenvalue weighted by Crippen LogP contribution is -2.46. The predicted molar refractivity (Wildman–Crippen MR) is 99.9 cm³/mol. The van der Waals surface area contributed by atoms with E-state index in [0.29, 0.717) is 11.5 Å². The van der Waals surface area contributed by atoms with Crippen LogP contribution in [0, 0.1) is 5.82 Å². The summed E-state index contributed by atoms with van der Waals surface area (Å²) < 4.78 is 23.8. The highest BCUT2D eigenvalue weighted by molar-refractivity contribution is 6.10. The number of ether oxygens (including phenoxy) is 2. The van der Waals surface area contributed by atoms with Gasteiger partial charge in [-0.3, -0.25) is 14.5 Å². The van der Waals surface area contributed by atoms with E-state index in [2.05, 4.69) is 10.6 Å². The van der Waals surface area contributed by atoms with E-state index in [0.717, 1.165) is 16.5 Å². The normalized spacial score (nSPS) is 20.0. The van der Waals surface area contributed by atoms with Crippen molar-refractivity contribution in [3.05, 3.63) is 53.8 Å². The van der Waals surface area contributed by atoms with Crippen LogP contribution in [0.3, 0.4) is 0 Å². The molecule has 2 aliphatic heterocycles. The molecule has 0 saturated carbocycles. The monoisotopic (exact) mass is 399 g/mol. The molecule has 2 aromatic rings. The third-order valence-corrected chi connectivity index (χ3v) is 4.75. The number of imide groups is 1. The van der Waals surface area contributed by atoms with Crippen molar-refractivity contribution in [2.45, 2.75) is 18.9 Å². The first-order valence-electron chi connectivity index (χ1n) is 8.92. The summed E-state index contributed by atoms with van der Waals surface area (Å²) in [6, 6.07) is 9.98. The standard InChI is InChI=1S/C20H18FN3O5/c1-20(9-12-5-6-15-16(7-12)29-11-28-15)18(26)24(19(27)23-20)10-17(25)22-14-4-2-3-13(21)8-14/h2-8H,9-11H2,1H3,(H,22,25)(H,23,27)/t20-/m1/s1. The minimum atomic E-state index is -1.20. The van der Waals surface area contributed by atoms with Crippen molar-refractivity contribution < 1.29 is 28.2 Å². The number of nitrogens with zero attached hydrogens (tertiary/aromatic N) is 1. The molecule has 0 spiro atoms. The number of amides is 4. The zero-order valence-electron chi connectivity index (χ0n) is 15.5. The summed E-state index contributed by atoms with van der Waals surface area (Å²) in [6.07, 6.45) is 0.218. The number of benzene rings is 2. The molecule has 9 heteroatoms. The Kier molecular flexibility index (Phi) is 4.57. The molecule has 1 saturated heterocycles. The Bertz CT molecular complexity index is 1010. The fourth-order valence-corrected chi connectivity index (χ4v) is 3.38. The second-order valence-electron chi connectivity index (χ2n) is 7.08. The third kappa shape index (κ3) is 3.71. The summed E-state index contributed by atoms with van der Waals surface area (Å²) >= 11 is 0. The summed E-state index contributed by atoms with van der Waals surface area (Å²) in [6.45, 7) is 1.26. The van der Waals surface area contributed by atoms with Crippen LogP contribution in [-0.4, -0.2) is 41.6 Å². The lowest BCUT2D eigenvalue weighted by molar-refractivity contribution is -0.133. The van der Waals surface area contributed by atoms with Gasteiger partial charge in [0.25, 0.3) is 5.91 Å². The van der Waals surface area contributed by atoms with E-state index in [-0.39, 0.29) is 18.9 Å². The van der Waals surface area contributed by atoms with Gasteiger partial charge < -0.3 is 20.1 Å². The van der Waals surface area contributed by atoms with Crippen molar-refractivity contribution in [1.82, 2.24) is 10.2 Å². The molecule has 0 aliphatic carbocycles. The molecule has 2 N–H and O–H groups in total. The largest absolute Gasteiger partial charge is 0.454 e. The first kappa shape index (κ1) is 18.7. The molecule has 4 amide bonds. The molecule has 8 nitrogen and oxygen atoms in total. The van der Waals surface area contributed by atoms with Gasteiger partial charge in [-0.1, -0.05) is 12.1 Å². The highest BCUT2D eigenvalue weighted by atomic mass is 19.1. The molecule has 0 unspecified atom stereocenters. The molecule has 29 heavy (non-hydrogen) atoms. The van der Waals surface area contributed by atoms with Crippen LogP contribution in [0.25, 0.3) is 0 Å². The van der Waals surface area contributed by atoms with Crippen LogP contribution < -0.4 is 20.1 Å². The van der Waals surface area contributed by atoms with Crippen molar-refractivity contribution in [3.63, 3.8) is 0 Å². The van der Waals surface area contributed by atoms with E-state index in [9.17, 15) is 18.8 Å². The molecular weight excluding hydrogens is 381 g/mol. The highest BCUT2D eigenvalue weighted by Crippen LogP contribution is 2.34. The smallest absolute Gasteiger partial charge is 0.325 e. The molecule has 1 fully saturated rings. The molecule has 2 aromatic carbocycles. The minimum Gasteiger partial charge on any atom is -0.454 e. The summed E-state index contributed by atoms with van der Waals surface area (Å²) in [5.74, 6) is -0.430. The number of carbonyl (C=O) groups is 3. The molecule has 2 aliphatic rings. The molecule has 0 aromatic heterocycles. The van der Waals surface area contributed by atoms with Gasteiger partial charge in [-0.2, -0.15) is 0 Å². The number of fused-ring (bicyclic) bond motifs is 1. The van der Waals surface area contributed by atoms with Crippen LogP contribution in [0.4, 0.5) is 14.9 Å². The Hall–Kier alpha value is -3.62. The number of hydrogen-bond donors (Lipinski definition) is 2. The van der Waals surface area contributed by atoms with Gasteiger partial charge in [-0.15, -0.1) is 0 Å².